The van der Waals surface area contributed by atoms with E-state index in [1.54, 1.807) is 0 Å². The number of nitrogens with one attached hydrogen (secondary N) is 1. The fraction of sp³-hybridized carbons (Fsp3) is 0.500. The largest absolute Gasteiger partial charge is 0.310 e. The van der Waals surface area contributed by atoms with Gasteiger partial charge in [-0.05, 0) is 47.1 Å². The molecule has 3 unspecified atom stereocenters. The van der Waals surface area contributed by atoms with Crippen LogP contribution in [-0.2, 0) is 6.54 Å². The maximum atomic E-state index is 3.76. The second-order valence-corrected chi connectivity index (χ2v) is 6.57. The highest BCUT2D eigenvalue weighted by atomic mass is 32.1. The summed E-state index contributed by atoms with van der Waals surface area (Å²) in [6, 6.07) is 9.42. The van der Waals surface area contributed by atoms with E-state index in [0.717, 1.165) is 18.4 Å². The lowest BCUT2D eigenvalue weighted by Crippen LogP contribution is -2.31. The maximum Gasteiger partial charge on any atom is 0.0346 e. The molecule has 2 aromatic rings. The van der Waals surface area contributed by atoms with Crippen LogP contribution in [0.2, 0.25) is 0 Å². The third kappa shape index (κ3) is 2.19. The van der Waals surface area contributed by atoms with E-state index in [4.69, 9.17) is 0 Å². The van der Waals surface area contributed by atoms with E-state index in [1.807, 2.05) is 11.3 Å². The van der Waals surface area contributed by atoms with Crippen LogP contribution in [0.25, 0.3) is 10.1 Å². The number of rotatable bonds is 3. The van der Waals surface area contributed by atoms with Crippen molar-refractivity contribution < 1.29 is 0 Å². The van der Waals surface area contributed by atoms with Crippen LogP contribution in [0.1, 0.15) is 32.3 Å². The highest BCUT2D eigenvalue weighted by Gasteiger charge is 2.29. The standard InChI is InChI=1S/C16H21NS/c1-11-7-8-15(12(11)2)17-9-13-10-18-16-6-4-3-5-14(13)16/h3-6,10-12,15,17H,7-9H2,1-2H3. The summed E-state index contributed by atoms with van der Waals surface area (Å²) in [7, 11) is 0. The first kappa shape index (κ1) is 12.2. The molecule has 96 valence electrons. The highest BCUT2D eigenvalue weighted by Crippen LogP contribution is 2.32. The van der Waals surface area contributed by atoms with Crippen LogP contribution < -0.4 is 5.32 Å². The van der Waals surface area contributed by atoms with Crippen LogP contribution in [0.3, 0.4) is 0 Å². The van der Waals surface area contributed by atoms with Crippen LogP contribution in [0, 0.1) is 11.8 Å². The smallest absolute Gasteiger partial charge is 0.0346 e. The lowest BCUT2D eigenvalue weighted by Gasteiger charge is -2.19. The first-order chi connectivity index (χ1) is 8.75. The Morgan fingerprint density at radius 1 is 1.22 bits per heavy atom. The zero-order valence-electron chi connectivity index (χ0n) is 11.1. The molecule has 0 amide bonds. The van der Waals surface area contributed by atoms with E-state index >= 15 is 0 Å². The van der Waals surface area contributed by atoms with Crippen LogP contribution in [-0.4, -0.2) is 6.04 Å². The minimum atomic E-state index is 0.707. The number of thiophene rings is 1. The topological polar surface area (TPSA) is 12.0 Å². The molecule has 0 saturated heterocycles. The first-order valence-electron chi connectivity index (χ1n) is 6.94. The van der Waals surface area contributed by atoms with Crippen LogP contribution in [0.15, 0.2) is 29.6 Å². The zero-order chi connectivity index (χ0) is 12.5. The minimum Gasteiger partial charge on any atom is -0.310 e. The second kappa shape index (κ2) is 5.02. The van der Waals surface area contributed by atoms with E-state index in [9.17, 15) is 0 Å². The predicted octanol–water partition coefficient (Wildman–Crippen LogP) is 4.43. The molecule has 1 aliphatic rings. The summed E-state index contributed by atoms with van der Waals surface area (Å²) in [5.41, 5.74) is 1.46. The van der Waals surface area contributed by atoms with Crippen LogP contribution >= 0.6 is 11.3 Å². The second-order valence-electron chi connectivity index (χ2n) is 5.66. The Kier molecular flexibility index (Phi) is 3.40. The summed E-state index contributed by atoms with van der Waals surface area (Å²) in [6.45, 7) is 5.79. The number of benzene rings is 1. The monoisotopic (exact) mass is 259 g/mol. The van der Waals surface area contributed by atoms with Gasteiger partial charge in [0.2, 0.25) is 0 Å². The van der Waals surface area contributed by atoms with Crippen LogP contribution in [0.4, 0.5) is 0 Å². The van der Waals surface area contributed by atoms with Gasteiger partial charge in [-0.25, -0.2) is 0 Å². The van der Waals surface area contributed by atoms with Gasteiger partial charge in [0.05, 0.1) is 0 Å². The predicted molar refractivity (Wildman–Crippen MR) is 80.0 cm³/mol. The quantitative estimate of drug-likeness (QED) is 0.860. The van der Waals surface area contributed by atoms with Crippen molar-refractivity contribution in [2.24, 2.45) is 11.8 Å². The molecule has 2 heteroatoms. The van der Waals surface area contributed by atoms with E-state index in [2.05, 4.69) is 48.8 Å². The zero-order valence-corrected chi connectivity index (χ0v) is 12.0. The van der Waals surface area contributed by atoms with Crippen molar-refractivity contribution in [2.75, 3.05) is 0 Å². The molecule has 18 heavy (non-hydrogen) atoms. The van der Waals surface area contributed by atoms with Crippen molar-refractivity contribution in [1.29, 1.82) is 0 Å². The van der Waals surface area contributed by atoms with Crippen molar-refractivity contribution in [3.05, 3.63) is 35.2 Å². The van der Waals surface area contributed by atoms with Crippen molar-refractivity contribution in [2.45, 2.75) is 39.3 Å². The molecule has 1 saturated carbocycles. The lowest BCUT2D eigenvalue weighted by atomic mass is 9.97. The van der Waals surface area contributed by atoms with Crippen molar-refractivity contribution >= 4 is 21.4 Å². The molecule has 1 fully saturated rings. The molecule has 0 aliphatic heterocycles. The molecule has 0 bridgehead atoms. The molecule has 0 radical (unpaired) electrons. The molecule has 1 nitrogen and oxygen atoms in total. The van der Waals surface area contributed by atoms with E-state index in [0.29, 0.717) is 6.04 Å². The molecule has 3 atom stereocenters. The Morgan fingerprint density at radius 2 is 2.06 bits per heavy atom. The molecule has 1 heterocycles. The van der Waals surface area contributed by atoms with E-state index in [1.165, 1.54) is 28.5 Å². The van der Waals surface area contributed by atoms with Crippen molar-refractivity contribution in [1.82, 2.24) is 5.32 Å². The van der Waals surface area contributed by atoms with Crippen molar-refractivity contribution in [3.8, 4) is 0 Å². The van der Waals surface area contributed by atoms with Crippen LogP contribution in [0.5, 0.6) is 0 Å². The summed E-state index contributed by atoms with van der Waals surface area (Å²) in [5, 5.41) is 7.49. The van der Waals surface area contributed by atoms with Gasteiger partial charge in [0.1, 0.15) is 0 Å². The number of hydrogen-bond donors (Lipinski definition) is 1. The summed E-state index contributed by atoms with van der Waals surface area (Å²) in [4.78, 5) is 0. The van der Waals surface area contributed by atoms with Gasteiger partial charge in [-0.2, -0.15) is 0 Å². The van der Waals surface area contributed by atoms with Gasteiger partial charge in [-0.3, -0.25) is 0 Å². The van der Waals surface area contributed by atoms with Crippen molar-refractivity contribution in [3.63, 3.8) is 0 Å². The third-order valence-electron chi connectivity index (χ3n) is 4.58. The number of fused-ring (bicyclic) bond motifs is 1. The maximum absolute atomic E-state index is 3.76. The van der Waals surface area contributed by atoms with E-state index in [-0.39, 0.29) is 0 Å². The van der Waals surface area contributed by atoms with Gasteiger partial charge in [0.15, 0.2) is 0 Å². The molecule has 1 N–H and O–H groups in total. The normalized spacial score (nSPS) is 28.0. The van der Waals surface area contributed by atoms with Gasteiger partial charge < -0.3 is 5.32 Å². The van der Waals surface area contributed by atoms with Gasteiger partial charge in [-0.15, -0.1) is 11.3 Å². The third-order valence-corrected chi connectivity index (χ3v) is 5.59. The summed E-state index contributed by atoms with van der Waals surface area (Å²) >= 11 is 1.86. The first-order valence-corrected chi connectivity index (χ1v) is 7.82. The fourth-order valence-electron chi connectivity index (χ4n) is 3.06. The molecule has 3 rings (SSSR count). The number of hydrogen-bond acceptors (Lipinski definition) is 2. The average Bonchev–Trinajstić information content (AvgIpc) is 2.94. The Balaban J connectivity index is 1.70. The molecular formula is C16H21NS. The Labute approximate surface area is 113 Å². The Morgan fingerprint density at radius 3 is 2.83 bits per heavy atom. The van der Waals surface area contributed by atoms with Gasteiger partial charge in [0, 0.05) is 17.3 Å². The fourth-order valence-corrected chi connectivity index (χ4v) is 4.03. The average molecular weight is 259 g/mol. The summed E-state index contributed by atoms with van der Waals surface area (Å²) in [5.74, 6) is 1.69. The molecular weight excluding hydrogens is 238 g/mol. The summed E-state index contributed by atoms with van der Waals surface area (Å²) < 4.78 is 1.40. The Bertz CT molecular complexity index is 531. The molecule has 1 aromatic carbocycles. The highest BCUT2D eigenvalue weighted by molar-refractivity contribution is 7.17. The van der Waals surface area contributed by atoms with Gasteiger partial charge in [-0.1, -0.05) is 32.0 Å². The summed E-state index contributed by atoms with van der Waals surface area (Å²) in [6.07, 6.45) is 2.72. The van der Waals surface area contributed by atoms with E-state index < -0.39 is 0 Å². The van der Waals surface area contributed by atoms with Gasteiger partial charge in [0.25, 0.3) is 0 Å². The molecule has 1 aliphatic carbocycles. The molecule has 1 aromatic heterocycles. The SMILES string of the molecule is CC1CCC(NCc2csc3ccccc23)C1C. The van der Waals surface area contributed by atoms with Gasteiger partial charge >= 0.3 is 0 Å². The minimum absolute atomic E-state index is 0.707. The Hall–Kier alpha value is -0.860. The molecule has 0 spiro atoms. The lowest BCUT2D eigenvalue weighted by molar-refractivity contribution is 0.370.